The zero-order valence-corrected chi connectivity index (χ0v) is 17.5. The van der Waals surface area contributed by atoms with Crippen molar-refractivity contribution in [2.75, 3.05) is 49.1 Å². The van der Waals surface area contributed by atoms with Crippen molar-refractivity contribution in [2.45, 2.75) is 12.8 Å². The largest absolute Gasteiger partial charge is 0.507 e. The second kappa shape index (κ2) is 8.55. The fourth-order valence-electron chi connectivity index (χ4n) is 4.55. The molecule has 3 heterocycles. The van der Waals surface area contributed by atoms with Gasteiger partial charge in [-0.25, -0.2) is 9.37 Å². The number of hydrogen-bond acceptors (Lipinski definition) is 5. The highest BCUT2D eigenvalue weighted by atomic mass is 19.1. The van der Waals surface area contributed by atoms with Gasteiger partial charge in [-0.1, -0.05) is 24.3 Å². The molecule has 2 N–H and O–H groups in total. The van der Waals surface area contributed by atoms with Crippen molar-refractivity contribution < 1.29 is 9.50 Å². The van der Waals surface area contributed by atoms with Crippen LogP contribution in [0.1, 0.15) is 12.8 Å². The highest BCUT2D eigenvalue weighted by Crippen LogP contribution is 2.39. The Morgan fingerprint density at radius 3 is 2.26 bits per heavy atom. The minimum absolute atomic E-state index is 0.160. The van der Waals surface area contributed by atoms with Crippen molar-refractivity contribution in [3.8, 4) is 28.0 Å². The van der Waals surface area contributed by atoms with Gasteiger partial charge in [-0.2, -0.15) is 0 Å². The summed E-state index contributed by atoms with van der Waals surface area (Å²) >= 11 is 0. The zero-order valence-electron chi connectivity index (χ0n) is 17.5. The first-order chi connectivity index (χ1) is 15.2. The Bertz CT molecular complexity index is 1070. The standard InChI is InChI=1S/C25H27FN4O/c26-22-16-18(6-7-23(22)29-12-1-2-13-29)20-4-3-5-21(25(20)31)19-8-9-28-24(17-19)30-14-10-27-11-15-30/h3-9,16-17,27,31H,1-2,10-15H2. The fraction of sp³-hybridized carbons (Fsp3) is 0.320. The first-order valence-corrected chi connectivity index (χ1v) is 11.0. The normalized spacial score (nSPS) is 16.7. The molecule has 6 heteroatoms. The third kappa shape index (κ3) is 3.95. The summed E-state index contributed by atoms with van der Waals surface area (Å²) in [6.45, 7) is 5.48. The van der Waals surface area contributed by atoms with Crippen molar-refractivity contribution >= 4 is 11.5 Å². The molecule has 0 amide bonds. The molecule has 5 nitrogen and oxygen atoms in total. The maximum atomic E-state index is 14.9. The Morgan fingerprint density at radius 1 is 0.839 bits per heavy atom. The van der Waals surface area contributed by atoms with Crippen molar-refractivity contribution in [3.63, 3.8) is 0 Å². The molecule has 2 fully saturated rings. The van der Waals surface area contributed by atoms with Crippen LogP contribution in [0.15, 0.2) is 54.7 Å². The molecule has 0 aliphatic carbocycles. The SMILES string of the molecule is Oc1c(-c2ccnc(N3CCNCC3)c2)cccc1-c1ccc(N2CCCC2)c(F)c1. The Balaban J connectivity index is 1.48. The number of nitrogens with zero attached hydrogens (tertiary/aromatic N) is 3. The topological polar surface area (TPSA) is 51.6 Å². The molecule has 5 rings (SSSR count). The molecule has 3 aromatic rings. The second-order valence-corrected chi connectivity index (χ2v) is 8.20. The van der Waals surface area contributed by atoms with Crippen LogP contribution < -0.4 is 15.1 Å². The summed E-state index contributed by atoms with van der Waals surface area (Å²) < 4.78 is 14.9. The van der Waals surface area contributed by atoms with E-state index in [1.54, 1.807) is 6.20 Å². The lowest BCUT2D eigenvalue weighted by molar-refractivity contribution is 0.479. The van der Waals surface area contributed by atoms with Crippen LogP contribution in [0.5, 0.6) is 5.75 Å². The molecule has 0 radical (unpaired) electrons. The molecule has 2 aromatic carbocycles. The van der Waals surface area contributed by atoms with E-state index in [9.17, 15) is 9.50 Å². The summed E-state index contributed by atoms with van der Waals surface area (Å²) in [5.74, 6) is 0.826. The fourth-order valence-corrected chi connectivity index (χ4v) is 4.55. The highest BCUT2D eigenvalue weighted by Gasteiger charge is 2.19. The number of piperazine rings is 1. The van der Waals surface area contributed by atoms with Gasteiger partial charge in [-0.05, 0) is 48.2 Å². The molecule has 160 valence electrons. The van der Waals surface area contributed by atoms with Crippen LogP contribution in [0.4, 0.5) is 15.9 Å². The van der Waals surface area contributed by atoms with E-state index in [1.165, 1.54) is 6.07 Å². The molecule has 2 saturated heterocycles. The van der Waals surface area contributed by atoms with Crippen molar-refractivity contribution in [3.05, 3.63) is 60.5 Å². The second-order valence-electron chi connectivity index (χ2n) is 8.20. The van der Waals surface area contributed by atoms with Crippen LogP contribution >= 0.6 is 0 Å². The van der Waals surface area contributed by atoms with Crippen molar-refractivity contribution in [2.24, 2.45) is 0 Å². The van der Waals surface area contributed by atoms with Crippen molar-refractivity contribution in [1.29, 1.82) is 0 Å². The number of halogens is 1. The third-order valence-electron chi connectivity index (χ3n) is 6.24. The molecule has 2 aliphatic rings. The van der Waals surface area contributed by atoms with E-state index >= 15 is 0 Å². The summed E-state index contributed by atoms with van der Waals surface area (Å²) in [5.41, 5.74) is 3.57. The number of anilines is 2. The van der Waals surface area contributed by atoms with Crippen LogP contribution in [-0.2, 0) is 0 Å². The third-order valence-corrected chi connectivity index (χ3v) is 6.24. The number of para-hydroxylation sites is 1. The molecule has 2 aliphatic heterocycles. The van der Waals surface area contributed by atoms with Gasteiger partial charge < -0.3 is 20.2 Å². The van der Waals surface area contributed by atoms with Crippen molar-refractivity contribution in [1.82, 2.24) is 10.3 Å². The first-order valence-electron chi connectivity index (χ1n) is 11.0. The van der Waals surface area contributed by atoms with E-state index in [-0.39, 0.29) is 11.6 Å². The number of phenolic OH excluding ortho intramolecular Hbond substituents is 1. The van der Waals surface area contributed by atoms with E-state index in [1.807, 2.05) is 42.5 Å². The van der Waals surface area contributed by atoms with E-state index < -0.39 is 0 Å². The predicted octanol–water partition coefficient (Wildman–Crippen LogP) is 4.27. The molecule has 1 aromatic heterocycles. The van der Waals surface area contributed by atoms with E-state index in [2.05, 4.69) is 20.1 Å². The highest BCUT2D eigenvalue weighted by molar-refractivity contribution is 5.83. The van der Waals surface area contributed by atoms with Crippen LogP contribution in [-0.4, -0.2) is 49.4 Å². The minimum Gasteiger partial charge on any atom is -0.507 e. The first kappa shape index (κ1) is 19.8. The van der Waals surface area contributed by atoms with Gasteiger partial charge in [0.15, 0.2) is 0 Å². The molecule has 0 saturated carbocycles. The summed E-state index contributed by atoms with van der Waals surface area (Å²) in [7, 11) is 0. The number of hydrogen-bond donors (Lipinski definition) is 2. The maximum Gasteiger partial charge on any atom is 0.147 e. The zero-order chi connectivity index (χ0) is 21.2. The lowest BCUT2D eigenvalue weighted by Crippen LogP contribution is -2.43. The summed E-state index contributed by atoms with van der Waals surface area (Å²) in [6.07, 6.45) is 3.99. The Labute approximate surface area is 182 Å². The molecule has 0 atom stereocenters. The Kier molecular flexibility index (Phi) is 5.47. The van der Waals surface area contributed by atoms with E-state index in [0.717, 1.165) is 69.1 Å². The van der Waals surface area contributed by atoms with Gasteiger partial charge in [0.1, 0.15) is 17.4 Å². The van der Waals surface area contributed by atoms with Gasteiger partial charge in [-0.15, -0.1) is 0 Å². The van der Waals surface area contributed by atoms with Crippen LogP contribution in [0, 0.1) is 5.82 Å². The smallest absolute Gasteiger partial charge is 0.147 e. The molecular formula is C25H27FN4O. The molecule has 0 spiro atoms. The van der Waals surface area contributed by atoms with Gasteiger partial charge in [0, 0.05) is 56.6 Å². The summed E-state index contributed by atoms with van der Waals surface area (Å²) in [5, 5.41) is 14.4. The monoisotopic (exact) mass is 418 g/mol. The Hall–Kier alpha value is -3.12. The average molecular weight is 419 g/mol. The quantitative estimate of drug-likeness (QED) is 0.663. The molecule has 0 bridgehead atoms. The van der Waals surface area contributed by atoms with Gasteiger partial charge in [0.05, 0.1) is 5.69 Å². The van der Waals surface area contributed by atoms with Gasteiger partial charge >= 0.3 is 0 Å². The summed E-state index contributed by atoms with van der Waals surface area (Å²) in [4.78, 5) is 8.85. The number of benzene rings is 2. The lowest BCUT2D eigenvalue weighted by atomic mass is 9.97. The van der Waals surface area contributed by atoms with E-state index in [4.69, 9.17) is 0 Å². The van der Waals surface area contributed by atoms with Gasteiger partial charge in [0.2, 0.25) is 0 Å². The van der Waals surface area contributed by atoms with Crippen LogP contribution in [0.25, 0.3) is 22.3 Å². The minimum atomic E-state index is -0.242. The number of phenols is 1. The van der Waals surface area contributed by atoms with Crippen LogP contribution in [0.2, 0.25) is 0 Å². The van der Waals surface area contributed by atoms with Crippen LogP contribution in [0.3, 0.4) is 0 Å². The lowest BCUT2D eigenvalue weighted by Gasteiger charge is -2.28. The average Bonchev–Trinajstić information content (AvgIpc) is 3.34. The van der Waals surface area contributed by atoms with Gasteiger partial charge in [-0.3, -0.25) is 0 Å². The number of aromatic hydroxyl groups is 1. The Morgan fingerprint density at radius 2 is 1.55 bits per heavy atom. The molecule has 31 heavy (non-hydrogen) atoms. The maximum absolute atomic E-state index is 14.9. The number of rotatable bonds is 4. The van der Waals surface area contributed by atoms with E-state index in [0.29, 0.717) is 16.8 Å². The number of pyridine rings is 1. The molecule has 0 unspecified atom stereocenters. The number of aromatic nitrogens is 1. The summed E-state index contributed by atoms with van der Waals surface area (Å²) in [6, 6.07) is 14.8. The number of nitrogens with one attached hydrogen (secondary N) is 1. The predicted molar refractivity (Wildman–Crippen MR) is 123 cm³/mol. The molecular weight excluding hydrogens is 391 g/mol. The van der Waals surface area contributed by atoms with Gasteiger partial charge in [0.25, 0.3) is 0 Å².